The van der Waals surface area contributed by atoms with Gasteiger partial charge in [0.2, 0.25) is 0 Å². The number of carbonyl (C=O) groups excluding carboxylic acids is 3. The van der Waals surface area contributed by atoms with Gasteiger partial charge in [-0.25, -0.2) is 0 Å². The first-order valence-corrected chi connectivity index (χ1v) is 24.8. The van der Waals surface area contributed by atoms with Crippen LogP contribution in [0, 0.1) is 0 Å². The van der Waals surface area contributed by atoms with Crippen molar-refractivity contribution in [2.45, 2.75) is 245 Å². The zero-order chi connectivity index (χ0) is 43.0. The van der Waals surface area contributed by atoms with Crippen molar-refractivity contribution in [2.24, 2.45) is 0 Å². The van der Waals surface area contributed by atoms with E-state index in [4.69, 9.17) is 14.2 Å². The number of esters is 3. The molecule has 0 aromatic heterocycles. The van der Waals surface area contributed by atoms with Gasteiger partial charge in [-0.2, -0.15) is 0 Å². The fourth-order valence-corrected chi connectivity index (χ4v) is 6.73. The van der Waals surface area contributed by atoms with E-state index in [9.17, 15) is 14.4 Å². The van der Waals surface area contributed by atoms with E-state index in [1.807, 2.05) is 0 Å². The molecular weight excluding hydrogens is 733 g/mol. The number of hydrogen-bond acceptors (Lipinski definition) is 6. The quantitative estimate of drug-likeness (QED) is 0.0263. The van der Waals surface area contributed by atoms with Crippen LogP contribution < -0.4 is 0 Å². The standard InChI is InChI=1S/C53H92O6/c1-4-7-10-13-16-19-22-24-25-26-27-29-31-34-37-40-43-46-52(55)58-49-50(48-57-51(54)45-42-39-36-33-30-21-18-15-12-9-6-3)59-53(56)47-44-41-38-35-32-28-23-20-17-14-11-8-5-2/h8,11,15,17-18,20,24-25,28,32,50H,4-7,9-10,12-14,16,19,21-23,26-27,29-31,33-49H2,1-3H3/b11-8-,18-15-,20-17-,25-24-,32-28-. The van der Waals surface area contributed by atoms with Crippen LogP contribution in [0.5, 0.6) is 0 Å². The number of unbranched alkanes of at least 4 members (excludes halogenated alkanes) is 23. The van der Waals surface area contributed by atoms with Gasteiger partial charge in [0.1, 0.15) is 13.2 Å². The summed E-state index contributed by atoms with van der Waals surface area (Å²) in [6.45, 7) is 6.44. The van der Waals surface area contributed by atoms with E-state index >= 15 is 0 Å². The average Bonchev–Trinajstić information content (AvgIpc) is 3.23. The van der Waals surface area contributed by atoms with Crippen LogP contribution in [-0.2, 0) is 28.6 Å². The number of allylic oxidation sites excluding steroid dienone is 10. The summed E-state index contributed by atoms with van der Waals surface area (Å²) >= 11 is 0. The molecule has 0 fully saturated rings. The zero-order valence-corrected chi connectivity index (χ0v) is 38.8. The van der Waals surface area contributed by atoms with Crippen molar-refractivity contribution in [3.63, 3.8) is 0 Å². The summed E-state index contributed by atoms with van der Waals surface area (Å²) in [7, 11) is 0. The molecule has 0 aliphatic rings. The van der Waals surface area contributed by atoms with Crippen LogP contribution in [0.15, 0.2) is 60.8 Å². The van der Waals surface area contributed by atoms with E-state index in [1.165, 1.54) is 109 Å². The average molecular weight is 825 g/mol. The summed E-state index contributed by atoms with van der Waals surface area (Å²) in [5, 5.41) is 0. The SMILES string of the molecule is CC/C=C\C/C=C\C/C=C\CCCCCC(=O)OC(COC(=O)CCCCCCC/C=C\CCCC)COC(=O)CCCCCCCCC/C=C\CCCCCCCC. The first-order chi connectivity index (χ1) is 29.0. The molecule has 59 heavy (non-hydrogen) atoms. The normalized spacial score (nSPS) is 12.5. The molecule has 340 valence electrons. The van der Waals surface area contributed by atoms with Gasteiger partial charge in [-0.3, -0.25) is 14.4 Å². The lowest BCUT2D eigenvalue weighted by Crippen LogP contribution is -2.30. The molecule has 0 amide bonds. The second-order valence-corrected chi connectivity index (χ2v) is 16.3. The molecule has 0 radical (unpaired) electrons. The minimum atomic E-state index is -0.792. The van der Waals surface area contributed by atoms with Crippen LogP contribution in [0.2, 0.25) is 0 Å². The van der Waals surface area contributed by atoms with Crippen LogP contribution in [-0.4, -0.2) is 37.2 Å². The Balaban J connectivity index is 4.39. The molecule has 0 saturated carbocycles. The van der Waals surface area contributed by atoms with Gasteiger partial charge in [-0.05, 0) is 96.3 Å². The molecule has 0 aromatic carbocycles. The first-order valence-electron chi connectivity index (χ1n) is 24.8. The largest absolute Gasteiger partial charge is 0.462 e. The van der Waals surface area contributed by atoms with Crippen LogP contribution >= 0.6 is 0 Å². The molecule has 0 aliphatic carbocycles. The van der Waals surface area contributed by atoms with Crippen molar-refractivity contribution in [3.8, 4) is 0 Å². The van der Waals surface area contributed by atoms with E-state index < -0.39 is 6.10 Å². The van der Waals surface area contributed by atoms with Gasteiger partial charge >= 0.3 is 17.9 Å². The number of rotatable bonds is 44. The Kier molecular flexibility index (Phi) is 45.4. The van der Waals surface area contributed by atoms with Crippen molar-refractivity contribution in [1.29, 1.82) is 0 Å². The van der Waals surface area contributed by atoms with Crippen molar-refractivity contribution >= 4 is 17.9 Å². The van der Waals surface area contributed by atoms with E-state index in [-0.39, 0.29) is 31.1 Å². The smallest absolute Gasteiger partial charge is 0.306 e. The number of hydrogen-bond donors (Lipinski definition) is 0. The molecule has 0 N–H and O–H groups in total. The highest BCUT2D eigenvalue weighted by Crippen LogP contribution is 2.14. The second-order valence-electron chi connectivity index (χ2n) is 16.3. The van der Waals surface area contributed by atoms with Crippen molar-refractivity contribution in [3.05, 3.63) is 60.8 Å². The van der Waals surface area contributed by atoms with E-state index in [2.05, 4.69) is 81.5 Å². The van der Waals surface area contributed by atoms with Gasteiger partial charge < -0.3 is 14.2 Å². The predicted octanol–water partition coefficient (Wildman–Crippen LogP) is 16.1. The molecule has 0 aromatic rings. The first kappa shape index (κ1) is 56.1. The Labute approximate surface area is 364 Å². The van der Waals surface area contributed by atoms with Gasteiger partial charge in [-0.15, -0.1) is 0 Å². The van der Waals surface area contributed by atoms with Crippen LogP contribution in [0.25, 0.3) is 0 Å². The predicted molar refractivity (Wildman–Crippen MR) is 251 cm³/mol. The minimum Gasteiger partial charge on any atom is -0.462 e. The summed E-state index contributed by atoms with van der Waals surface area (Å²) in [6.07, 6.45) is 57.8. The highest BCUT2D eigenvalue weighted by atomic mass is 16.6. The highest BCUT2D eigenvalue weighted by Gasteiger charge is 2.19. The molecule has 6 nitrogen and oxygen atoms in total. The molecule has 0 saturated heterocycles. The van der Waals surface area contributed by atoms with Crippen molar-refractivity contribution in [1.82, 2.24) is 0 Å². The Bertz CT molecular complexity index is 1090. The summed E-state index contributed by atoms with van der Waals surface area (Å²) in [5.74, 6) is -0.934. The minimum absolute atomic E-state index is 0.0910. The molecule has 1 atom stereocenters. The molecular formula is C53H92O6. The summed E-state index contributed by atoms with van der Waals surface area (Å²) in [5.41, 5.74) is 0. The fraction of sp³-hybridized carbons (Fsp3) is 0.755. The third kappa shape index (κ3) is 46.0. The molecule has 0 bridgehead atoms. The summed E-state index contributed by atoms with van der Waals surface area (Å²) < 4.78 is 16.7. The van der Waals surface area contributed by atoms with Crippen LogP contribution in [0.1, 0.15) is 239 Å². The summed E-state index contributed by atoms with van der Waals surface area (Å²) in [4.78, 5) is 37.8. The molecule has 0 rings (SSSR count). The number of ether oxygens (including phenoxy) is 3. The van der Waals surface area contributed by atoms with Crippen LogP contribution in [0.4, 0.5) is 0 Å². The highest BCUT2D eigenvalue weighted by molar-refractivity contribution is 5.71. The molecule has 0 spiro atoms. The number of carbonyl (C=O) groups is 3. The van der Waals surface area contributed by atoms with Crippen molar-refractivity contribution < 1.29 is 28.6 Å². The van der Waals surface area contributed by atoms with Gasteiger partial charge in [0.25, 0.3) is 0 Å². The van der Waals surface area contributed by atoms with Gasteiger partial charge in [0, 0.05) is 19.3 Å². The van der Waals surface area contributed by atoms with Gasteiger partial charge in [0.05, 0.1) is 0 Å². The Morgan fingerprint density at radius 2 is 0.678 bits per heavy atom. The molecule has 6 heteroatoms. The lowest BCUT2D eigenvalue weighted by molar-refractivity contribution is -0.167. The lowest BCUT2D eigenvalue weighted by Gasteiger charge is -2.18. The maximum Gasteiger partial charge on any atom is 0.306 e. The third-order valence-electron chi connectivity index (χ3n) is 10.5. The third-order valence-corrected chi connectivity index (χ3v) is 10.5. The van der Waals surface area contributed by atoms with Crippen molar-refractivity contribution in [2.75, 3.05) is 13.2 Å². The maximum atomic E-state index is 12.7. The lowest BCUT2D eigenvalue weighted by atomic mass is 10.1. The van der Waals surface area contributed by atoms with Gasteiger partial charge in [-0.1, -0.05) is 184 Å². The van der Waals surface area contributed by atoms with Gasteiger partial charge in [0.15, 0.2) is 6.10 Å². The Morgan fingerprint density at radius 3 is 1.12 bits per heavy atom. The fourth-order valence-electron chi connectivity index (χ4n) is 6.73. The zero-order valence-electron chi connectivity index (χ0n) is 38.8. The van der Waals surface area contributed by atoms with E-state index in [0.29, 0.717) is 19.3 Å². The monoisotopic (exact) mass is 825 g/mol. The Morgan fingerprint density at radius 1 is 0.356 bits per heavy atom. The van der Waals surface area contributed by atoms with E-state index in [1.54, 1.807) is 0 Å². The molecule has 0 aliphatic heterocycles. The van der Waals surface area contributed by atoms with Crippen LogP contribution in [0.3, 0.4) is 0 Å². The second kappa shape index (κ2) is 47.8. The van der Waals surface area contributed by atoms with E-state index in [0.717, 1.165) is 89.9 Å². The maximum absolute atomic E-state index is 12.7. The molecule has 1 unspecified atom stereocenters. The topological polar surface area (TPSA) is 78.9 Å². The Hall–Kier alpha value is -2.89. The summed E-state index contributed by atoms with van der Waals surface area (Å²) in [6, 6.07) is 0. The molecule has 0 heterocycles.